The van der Waals surface area contributed by atoms with Crippen molar-refractivity contribution < 1.29 is 29.0 Å². The van der Waals surface area contributed by atoms with Crippen LogP contribution in [0.25, 0.3) is 0 Å². The Balaban J connectivity index is 1.39. The Morgan fingerprint density at radius 1 is 0.800 bits per heavy atom. The molecule has 0 bridgehead atoms. The van der Waals surface area contributed by atoms with Gasteiger partial charge < -0.3 is 9.80 Å². The van der Waals surface area contributed by atoms with Gasteiger partial charge in [0, 0.05) is 48.1 Å². The number of nitrogens with two attached hydrogens (primary N) is 1. The third-order valence-electron chi connectivity index (χ3n) is 5.69. The van der Waals surface area contributed by atoms with Crippen LogP contribution in [0.4, 0.5) is 11.4 Å². The maximum atomic E-state index is 13.0. The number of amides is 2. The number of rotatable bonds is 10. The number of carbonyl (C=O) groups is 4. The Morgan fingerprint density at radius 3 is 1.55 bits per heavy atom. The van der Waals surface area contributed by atoms with Crippen LogP contribution in [-0.4, -0.2) is 61.1 Å². The lowest BCUT2D eigenvalue weighted by Gasteiger charge is -2.25. The second kappa shape index (κ2) is 11.9. The first kappa shape index (κ1) is 28.2. The number of nitrogens with zero attached hydrogens (tertiary/aromatic N) is 5. The predicted octanol–water partition coefficient (Wildman–Crippen LogP) is 3.13. The second-order valence-electron chi connectivity index (χ2n) is 8.51. The number of Topliss-reactive ketones (excluding diaryl/α,β-unsaturated/α-hetero) is 2. The lowest BCUT2D eigenvalue weighted by molar-refractivity contribution is -0.384. The molecule has 2 N–H and O–H groups in total. The monoisotopic (exact) mass is 584 g/mol. The average molecular weight is 585 g/mol. The van der Waals surface area contributed by atoms with E-state index in [-0.39, 0.29) is 69.8 Å². The molecule has 0 spiro atoms. The molecule has 2 aromatic heterocycles. The van der Waals surface area contributed by atoms with Crippen molar-refractivity contribution in [1.82, 2.24) is 14.8 Å². The molecule has 0 unspecified atom stereocenters. The number of hydrogen-bond donors (Lipinski definition) is 1. The summed E-state index contributed by atoms with van der Waals surface area (Å²) in [7, 11) is 0. The summed E-state index contributed by atoms with van der Waals surface area (Å²) in [5.74, 6) is 3.51. The van der Waals surface area contributed by atoms with E-state index >= 15 is 0 Å². The predicted molar refractivity (Wildman–Crippen MR) is 144 cm³/mol. The fourth-order valence-corrected chi connectivity index (χ4v) is 5.30. The van der Waals surface area contributed by atoms with Gasteiger partial charge in [-0.05, 0) is 12.8 Å². The lowest BCUT2D eigenvalue weighted by atomic mass is 10.1. The Labute approximate surface area is 233 Å². The molecule has 4 heterocycles. The molecule has 0 radical (unpaired) electrons. The first-order valence-electron chi connectivity index (χ1n) is 11.5. The molecule has 0 atom stereocenters. The molecule has 206 valence electrons. The molecule has 14 nitrogen and oxygen atoms in total. The van der Waals surface area contributed by atoms with E-state index in [1.165, 1.54) is 45.1 Å². The van der Waals surface area contributed by atoms with Crippen LogP contribution in [-0.2, 0) is 9.59 Å². The SMILES string of the molecule is NN(C(=O)C1=CN(CC(=O)c2cc([N+](=O)[O-])cs2)C=CC1)C(=O)C1=CN(CC(=O)c2cc([N+](=O)[O-])cs2)C=CC1. The summed E-state index contributed by atoms with van der Waals surface area (Å²) in [5.41, 5.74) is -0.0868. The smallest absolute Gasteiger partial charge is 0.280 e. The van der Waals surface area contributed by atoms with Gasteiger partial charge in [0.25, 0.3) is 23.2 Å². The minimum absolute atomic E-state index is 0.140. The van der Waals surface area contributed by atoms with E-state index in [1.807, 2.05) is 0 Å². The van der Waals surface area contributed by atoms with Gasteiger partial charge in [0.05, 0.1) is 43.5 Å². The van der Waals surface area contributed by atoms with Crippen LogP contribution in [0, 0.1) is 20.2 Å². The fourth-order valence-electron chi connectivity index (χ4n) is 3.73. The van der Waals surface area contributed by atoms with Crippen LogP contribution < -0.4 is 5.84 Å². The Kier molecular flexibility index (Phi) is 8.42. The average Bonchev–Trinajstić information content (AvgIpc) is 3.63. The minimum Gasteiger partial charge on any atom is -0.346 e. The summed E-state index contributed by atoms with van der Waals surface area (Å²) in [6.45, 7) is -0.369. The molecule has 2 aliphatic rings. The highest BCUT2D eigenvalue weighted by Gasteiger charge is 2.27. The maximum absolute atomic E-state index is 13.0. The molecule has 0 aromatic carbocycles. The Morgan fingerprint density at radius 2 is 1.20 bits per heavy atom. The third kappa shape index (κ3) is 6.42. The highest BCUT2D eigenvalue weighted by atomic mass is 32.1. The first-order chi connectivity index (χ1) is 19.0. The van der Waals surface area contributed by atoms with Crippen LogP contribution in [0.15, 0.2) is 71.0 Å². The van der Waals surface area contributed by atoms with E-state index in [0.29, 0.717) is 5.01 Å². The second-order valence-corrected chi connectivity index (χ2v) is 10.3. The van der Waals surface area contributed by atoms with Crippen LogP contribution in [0.1, 0.15) is 32.2 Å². The largest absolute Gasteiger partial charge is 0.346 e. The van der Waals surface area contributed by atoms with Gasteiger partial charge in [-0.3, -0.25) is 39.4 Å². The number of imide groups is 1. The van der Waals surface area contributed by atoms with E-state index in [9.17, 15) is 39.4 Å². The van der Waals surface area contributed by atoms with Gasteiger partial charge in [0.2, 0.25) is 0 Å². The molecule has 4 rings (SSSR count). The molecule has 2 aromatic rings. The van der Waals surface area contributed by atoms with Crippen molar-refractivity contribution >= 4 is 57.4 Å². The quantitative estimate of drug-likeness (QED) is 0.108. The number of allylic oxidation sites excluding steroid dienone is 2. The number of hydrogen-bond acceptors (Lipinski definition) is 13. The Hall–Kier alpha value is -4.80. The molecule has 0 fully saturated rings. The lowest BCUT2D eigenvalue weighted by Crippen LogP contribution is -2.45. The van der Waals surface area contributed by atoms with Gasteiger partial charge in [-0.1, -0.05) is 12.2 Å². The highest BCUT2D eigenvalue weighted by Crippen LogP contribution is 2.24. The van der Waals surface area contributed by atoms with Gasteiger partial charge in [0.1, 0.15) is 0 Å². The molecular formula is C24H20N6O8S2. The van der Waals surface area contributed by atoms with Crippen molar-refractivity contribution in [2.45, 2.75) is 12.8 Å². The van der Waals surface area contributed by atoms with Crippen LogP contribution in [0.3, 0.4) is 0 Å². The maximum Gasteiger partial charge on any atom is 0.280 e. The topological polar surface area (TPSA) is 190 Å². The summed E-state index contributed by atoms with van der Waals surface area (Å²) in [6.07, 6.45) is 9.45. The van der Waals surface area contributed by atoms with Crippen molar-refractivity contribution in [2.24, 2.45) is 5.84 Å². The fraction of sp³-hybridized carbons (Fsp3) is 0.167. The van der Waals surface area contributed by atoms with Gasteiger partial charge in [-0.2, -0.15) is 0 Å². The summed E-state index contributed by atoms with van der Waals surface area (Å²) >= 11 is 1.89. The van der Waals surface area contributed by atoms with Crippen LogP contribution in [0.5, 0.6) is 0 Å². The van der Waals surface area contributed by atoms with Gasteiger partial charge in [0.15, 0.2) is 11.6 Å². The zero-order chi connectivity index (χ0) is 29.0. The van der Waals surface area contributed by atoms with Gasteiger partial charge >= 0.3 is 0 Å². The summed E-state index contributed by atoms with van der Waals surface area (Å²) < 4.78 is 0. The van der Waals surface area contributed by atoms with E-state index < -0.39 is 21.7 Å². The number of thiophene rings is 2. The van der Waals surface area contributed by atoms with E-state index in [4.69, 9.17) is 5.84 Å². The molecule has 0 aliphatic carbocycles. The van der Waals surface area contributed by atoms with E-state index in [0.717, 1.165) is 22.7 Å². The number of carbonyl (C=O) groups excluding carboxylic acids is 4. The zero-order valence-electron chi connectivity index (χ0n) is 20.5. The molecule has 0 saturated heterocycles. The minimum atomic E-state index is -0.789. The number of hydrazine groups is 1. The molecule has 16 heteroatoms. The third-order valence-corrected chi connectivity index (χ3v) is 7.61. The first-order valence-corrected chi connectivity index (χ1v) is 13.2. The van der Waals surface area contributed by atoms with Gasteiger partial charge in [-0.15, -0.1) is 22.7 Å². The van der Waals surface area contributed by atoms with Crippen LogP contribution >= 0.6 is 22.7 Å². The van der Waals surface area contributed by atoms with Crippen molar-refractivity contribution in [2.75, 3.05) is 13.1 Å². The summed E-state index contributed by atoms with van der Waals surface area (Å²) in [6, 6.07) is 2.37. The molecule has 0 saturated carbocycles. The zero-order valence-corrected chi connectivity index (χ0v) is 22.1. The molecule has 40 heavy (non-hydrogen) atoms. The molecule has 2 aliphatic heterocycles. The summed E-state index contributed by atoms with van der Waals surface area (Å²) in [4.78, 5) is 74.8. The van der Waals surface area contributed by atoms with Crippen molar-refractivity contribution in [3.05, 3.63) is 101 Å². The molecule has 2 amide bonds. The molecular weight excluding hydrogens is 564 g/mol. The van der Waals surface area contributed by atoms with E-state index in [2.05, 4.69) is 0 Å². The van der Waals surface area contributed by atoms with Crippen molar-refractivity contribution in [3.8, 4) is 0 Å². The van der Waals surface area contributed by atoms with Crippen molar-refractivity contribution in [1.29, 1.82) is 0 Å². The number of nitro groups is 2. The highest BCUT2D eigenvalue weighted by molar-refractivity contribution is 7.12. The van der Waals surface area contributed by atoms with Gasteiger partial charge in [-0.25, -0.2) is 10.9 Å². The number of ketones is 2. The standard InChI is InChI=1S/C24H20N6O8S2/c25-28(23(33)15-3-1-5-26(9-15)11-19(31)21-7-17(13-39-21)29(35)36)24(34)16-4-2-6-27(10-16)12-20(32)22-8-18(14-40-22)30(37)38/h1-2,5-10,13-14H,3-4,11-12,25H2. The normalized spacial score (nSPS) is 14.4. The summed E-state index contributed by atoms with van der Waals surface area (Å²) in [5, 5.41) is 24.7. The van der Waals surface area contributed by atoms with Crippen molar-refractivity contribution in [3.63, 3.8) is 0 Å². The van der Waals surface area contributed by atoms with E-state index in [1.54, 1.807) is 24.6 Å². The van der Waals surface area contributed by atoms with Crippen LogP contribution in [0.2, 0.25) is 0 Å². The Bertz CT molecular complexity index is 1420.